The van der Waals surface area contributed by atoms with E-state index in [1.165, 1.54) is 60.2 Å². The molecule has 0 N–H and O–H groups in total. The van der Waals surface area contributed by atoms with Gasteiger partial charge in [0.2, 0.25) is 0 Å². The zero-order chi connectivity index (χ0) is 39.0. The monoisotopic (exact) mass is 751 g/mol. The first-order valence-electron chi connectivity index (χ1n) is 20.0. The number of benzene rings is 8. The first kappa shape index (κ1) is 33.3. The highest BCUT2D eigenvalue weighted by molar-refractivity contribution is 6.27. The van der Waals surface area contributed by atoms with E-state index in [-0.39, 0.29) is 5.92 Å². The first-order chi connectivity index (χ1) is 29.2. The van der Waals surface area contributed by atoms with Crippen molar-refractivity contribution >= 4 is 54.2 Å². The van der Waals surface area contributed by atoms with Crippen molar-refractivity contribution in [2.24, 2.45) is 0 Å². The van der Waals surface area contributed by atoms with Crippen LogP contribution in [0.15, 0.2) is 182 Å². The molecule has 2 aliphatic rings. The molecule has 3 heterocycles. The molecule has 1 aliphatic heterocycles. The number of nitriles is 1. The van der Waals surface area contributed by atoms with Crippen LogP contribution in [0.3, 0.4) is 0 Å². The Hall–Kier alpha value is -7.87. The molecule has 1 atom stereocenters. The summed E-state index contributed by atoms with van der Waals surface area (Å²) in [5.74, 6) is 1.67. The third kappa shape index (κ3) is 5.29. The number of nitrogens with zero attached hydrogens (tertiary/aromatic N) is 3. The van der Waals surface area contributed by atoms with Crippen molar-refractivity contribution < 1.29 is 4.74 Å². The van der Waals surface area contributed by atoms with Crippen molar-refractivity contribution in [2.75, 3.05) is 0 Å². The van der Waals surface area contributed by atoms with Crippen molar-refractivity contribution in [1.29, 1.82) is 5.26 Å². The molecule has 59 heavy (non-hydrogen) atoms. The molecular formula is C55H33N3O. The lowest BCUT2D eigenvalue weighted by Crippen LogP contribution is -2.06. The molecule has 0 spiro atoms. The molecule has 0 bridgehead atoms. The van der Waals surface area contributed by atoms with Crippen LogP contribution in [0, 0.1) is 11.3 Å². The van der Waals surface area contributed by atoms with Gasteiger partial charge in [-0.2, -0.15) is 5.26 Å². The highest BCUT2D eigenvalue weighted by Gasteiger charge is 2.24. The highest BCUT2D eigenvalue weighted by atomic mass is 16.5. The van der Waals surface area contributed by atoms with Gasteiger partial charge in [0.05, 0.1) is 17.3 Å². The number of aromatic nitrogens is 2. The van der Waals surface area contributed by atoms with Gasteiger partial charge in [0, 0.05) is 35.0 Å². The zero-order valence-corrected chi connectivity index (χ0v) is 31.9. The molecule has 8 aromatic carbocycles. The maximum absolute atomic E-state index is 9.48. The lowest BCUT2D eigenvalue weighted by molar-refractivity contribution is 0.487. The SMILES string of the molecule is N#Cc1ccc2c(c1)Oc1cccc3c(-c4ccc(-c5ccc6ccc7c(C8=CC(c9ccccn9)CC(c9ccccn9)=C8)ccc8ccc5c6c87)cc4)ccc-2c13. The van der Waals surface area contributed by atoms with Crippen LogP contribution in [0.5, 0.6) is 11.5 Å². The van der Waals surface area contributed by atoms with E-state index < -0.39 is 0 Å². The van der Waals surface area contributed by atoms with Crippen LogP contribution in [0.25, 0.3) is 87.6 Å². The normalized spacial score (nSPS) is 14.5. The topological polar surface area (TPSA) is 58.8 Å². The van der Waals surface area contributed by atoms with Gasteiger partial charge in [-0.1, -0.05) is 115 Å². The Morgan fingerprint density at radius 2 is 1.17 bits per heavy atom. The molecule has 12 rings (SSSR count). The summed E-state index contributed by atoms with van der Waals surface area (Å²) in [5, 5.41) is 19.3. The lowest BCUT2D eigenvalue weighted by Gasteiger charge is -2.23. The minimum atomic E-state index is 0.139. The van der Waals surface area contributed by atoms with Crippen LogP contribution < -0.4 is 4.74 Å². The Bertz CT molecular complexity index is 3430. The standard InChI is InChI=1S/C55H33N3O/c56-32-33-10-19-44-48-25-24-42(45-6-5-9-51(55(45)48)59-52(44)28-33)35-13-11-34(12-14-35)41-20-15-36-18-23-47-43(21-16-37-17-22-46(41)53(36)54(37)47)38-29-39(49-7-1-3-26-57-49)31-40(30-38)50-8-2-4-27-58-50/h1-30,39H,31H2. The lowest BCUT2D eigenvalue weighted by atomic mass is 9.82. The summed E-state index contributed by atoms with van der Waals surface area (Å²) >= 11 is 0. The van der Waals surface area contributed by atoms with E-state index in [9.17, 15) is 5.26 Å². The van der Waals surface area contributed by atoms with Gasteiger partial charge < -0.3 is 4.74 Å². The average Bonchev–Trinajstić information content (AvgIpc) is 3.31. The van der Waals surface area contributed by atoms with Crippen molar-refractivity contribution in [1.82, 2.24) is 9.97 Å². The van der Waals surface area contributed by atoms with Crippen LogP contribution in [0.1, 0.15) is 34.9 Å². The van der Waals surface area contributed by atoms with Gasteiger partial charge in [-0.15, -0.1) is 0 Å². The van der Waals surface area contributed by atoms with Gasteiger partial charge in [-0.3, -0.25) is 9.97 Å². The molecule has 4 nitrogen and oxygen atoms in total. The second-order valence-electron chi connectivity index (χ2n) is 15.6. The summed E-state index contributed by atoms with van der Waals surface area (Å²) in [7, 11) is 0. The predicted octanol–water partition coefficient (Wildman–Crippen LogP) is 14.2. The zero-order valence-electron chi connectivity index (χ0n) is 31.9. The average molecular weight is 752 g/mol. The quantitative estimate of drug-likeness (QED) is 0.164. The van der Waals surface area contributed by atoms with Gasteiger partial charge in [0.15, 0.2) is 0 Å². The van der Waals surface area contributed by atoms with Gasteiger partial charge in [0.25, 0.3) is 0 Å². The summed E-state index contributed by atoms with van der Waals surface area (Å²) in [4.78, 5) is 9.54. The third-order valence-corrected chi connectivity index (χ3v) is 12.3. The predicted molar refractivity (Wildman–Crippen MR) is 241 cm³/mol. The van der Waals surface area contributed by atoms with Crippen molar-refractivity contribution in [3.8, 4) is 50.9 Å². The van der Waals surface area contributed by atoms with Crippen LogP contribution in [0.2, 0.25) is 0 Å². The van der Waals surface area contributed by atoms with Gasteiger partial charge in [0.1, 0.15) is 11.5 Å². The molecule has 2 aromatic heterocycles. The van der Waals surface area contributed by atoms with Crippen molar-refractivity contribution in [2.45, 2.75) is 12.3 Å². The second kappa shape index (κ2) is 13.1. The molecule has 274 valence electrons. The van der Waals surface area contributed by atoms with E-state index in [0.29, 0.717) is 5.56 Å². The fourth-order valence-electron chi connectivity index (χ4n) is 9.58. The van der Waals surface area contributed by atoms with E-state index in [4.69, 9.17) is 14.7 Å². The molecule has 0 amide bonds. The van der Waals surface area contributed by atoms with Crippen LogP contribution in [-0.4, -0.2) is 9.97 Å². The molecular weight excluding hydrogens is 719 g/mol. The minimum Gasteiger partial charge on any atom is -0.456 e. The number of ether oxygens (including phenoxy) is 1. The van der Waals surface area contributed by atoms with E-state index >= 15 is 0 Å². The van der Waals surface area contributed by atoms with E-state index in [0.717, 1.165) is 62.3 Å². The van der Waals surface area contributed by atoms with Gasteiger partial charge in [-0.05, 0) is 143 Å². The number of pyridine rings is 2. The Kier molecular flexibility index (Phi) is 7.39. The molecule has 0 saturated heterocycles. The molecule has 0 saturated carbocycles. The fraction of sp³-hybridized carbons (Fsp3) is 0.0364. The molecule has 0 fully saturated rings. The summed E-state index contributed by atoms with van der Waals surface area (Å²) in [5.41, 5.74) is 13.1. The third-order valence-electron chi connectivity index (χ3n) is 12.3. The Morgan fingerprint density at radius 3 is 1.88 bits per heavy atom. The van der Waals surface area contributed by atoms with Crippen LogP contribution >= 0.6 is 0 Å². The Balaban J connectivity index is 0.961. The number of hydrogen-bond donors (Lipinski definition) is 0. The maximum atomic E-state index is 9.48. The summed E-state index contributed by atoms with van der Waals surface area (Å²) in [6, 6.07) is 58.2. The van der Waals surface area contributed by atoms with E-state index in [1.54, 1.807) is 0 Å². The van der Waals surface area contributed by atoms with E-state index in [2.05, 4.69) is 133 Å². The molecule has 4 heteroatoms. The van der Waals surface area contributed by atoms with Crippen LogP contribution in [-0.2, 0) is 0 Å². The van der Waals surface area contributed by atoms with E-state index in [1.807, 2.05) is 54.9 Å². The molecule has 0 radical (unpaired) electrons. The largest absolute Gasteiger partial charge is 0.456 e. The van der Waals surface area contributed by atoms with Gasteiger partial charge >= 0.3 is 0 Å². The molecule has 10 aromatic rings. The molecule has 1 aliphatic carbocycles. The van der Waals surface area contributed by atoms with Crippen LogP contribution in [0.4, 0.5) is 0 Å². The number of rotatable bonds is 5. The second-order valence-corrected chi connectivity index (χ2v) is 15.6. The number of fused-ring (bicyclic) bond motifs is 2. The molecule has 1 unspecified atom stereocenters. The highest BCUT2D eigenvalue weighted by Crippen LogP contribution is 2.49. The number of hydrogen-bond acceptors (Lipinski definition) is 4. The Labute approximate surface area is 341 Å². The summed E-state index contributed by atoms with van der Waals surface area (Å²) < 4.78 is 6.37. The first-order valence-corrected chi connectivity index (χ1v) is 20.0. The van der Waals surface area contributed by atoms with Gasteiger partial charge in [-0.25, -0.2) is 0 Å². The maximum Gasteiger partial charge on any atom is 0.136 e. The van der Waals surface area contributed by atoms with Crippen molar-refractivity contribution in [3.05, 3.63) is 205 Å². The van der Waals surface area contributed by atoms with Crippen molar-refractivity contribution in [3.63, 3.8) is 0 Å². The minimum absolute atomic E-state index is 0.139. The summed E-state index contributed by atoms with van der Waals surface area (Å²) in [6.45, 7) is 0. The number of allylic oxidation sites excluding steroid dienone is 4. The smallest absolute Gasteiger partial charge is 0.136 e. The summed E-state index contributed by atoms with van der Waals surface area (Å²) in [6.07, 6.45) is 9.35. The Morgan fingerprint density at radius 1 is 0.525 bits per heavy atom. The fourth-order valence-corrected chi connectivity index (χ4v) is 9.58.